The first-order valence-electron chi connectivity index (χ1n) is 4.45. The van der Waals surface area contributed by atoms with Crippen LogP contribution in [0.4, 0.5) is 0 Å². The molecular weight excluding hydrogens is 184 g/mol. The van der Waals surface area contributed by atoms with E-state index in [4.69, 9.17) is 16.3 Å². The lowest BCUT2D eigenvalue weighted by Gasteiger charge is -2.17. The van der Waals surface area contributed by atoms with E-state index in [9.17, 15) is 0 Å². The van der Waals surface area contributed by atoms with Crippen LogP contribution in [0.1, 0.15) is 29.8 Å². The zero-order valence-corrected chi connectivity index (χ0v) is 7.79. The number of hydrogen-bond acceptors (Lipinski definition) is 1. The summed E-state index contributed by atoms with van der Waals surface area (Å²) in [4.78, 5) is 0. The molecule has 0 unspecified atom stereocenters. The Hall–Kier alpha value is -0.790. The van der Waals surface area contributed by atoms with Gasteiger partial charge < -0.3 is 4.74 Å². The number of rotatable bonds is 0. The Morgan fingerprint density at radius 3 is 2.85 bits per heavy atom. The van der Waals surface area contributed by atoms with Gasteiger partial charge in [0.15, 0.2) is 0 Å². The molecule has 2 aliphatic rings. The molecule has 2 heteroatoms. The second-order valence-electron chi connectivity index (χ2n) is 3.49. The van der Waals surface area contributed by atoms with Crippen molar-refractivity contribution in [3.63, 3.8) is 0 Å². The SMILES string of the molecule is ClC1=C[C@H]2O[C@@H](C1)c1ccccc12. The minimum Gasteiger partial charge on any atom is -0.361 e. The molecule has 0 radical (unpaired) electrons. The number of benzene rings is 1. The predicted molar refractivity (Wildman–Crippen MR) is 51.6 cm³/mol. The molecule has 0 aromatic heterocycles. The zero-order chi connectivity index (χ0) is 8.84. The maximum Gasteiger partial charge on any atom is 0.103 e. The molecule has 2 bridgehead atoms. The normalized spacial score (nSPS) is 29.8. The maximum atomic E-state index is 6.02. The van der Waals surface area contributed by atoms with Gasteiger partial charge in [0.25, 0.3) is 0 Å². The molecule has 0 saturated carbocycles. The Bertz CT molecular complexity index is 383. The van der Waals surface area contributed by atoms with E-state index in [2.05, 4.69) is 18.2 Å². The molecule has 0 spiro atoms. The number of fused-ring (bicyclic) bond motifs is 5. The summed E-state index contributed by atoms with van der Waals surface area (Å²) in [5.74, 6) is 0. The van der Waals surface area contributed by atoms with E-state index in [1.807, 2.05) is 12.1 Å². The van der Waals surface area contributed by atoms with Crippen molar-refractivity contribution in [2.75, 3.05) is 0 Å². The van der Waals surface area contributed by atoms with Gasteiger partial charge in [0, 0.05) is 11.5 Å². The molecule has 2 aliphatic heterocycles. The van der Waals surface area contributed by atoms with E-state index in [1.54, 1.807) is 0 Å². The Kier molecular flexibility index (Phi) is 1.52. The van der Waals surface area contributed by atoms with E-state index < -0.39 is 0 Å². The molecule has 3 rings (SSSR count). The summed E-state index contributed by atoms with van der Waals surface area (Å²) in [7, 11) is 0. The highest BCUT2D eigenvalue weighted by atomic mass is 35.5. The third kappa shape index (κ3) is 1.04. The third-order valence-corrected chi connectivity index (χ3v) is 2.95. The summed E-state index contributed by atoms with van der Waals surface area (Å²) in [6, 6.07) is 8.34. The summed E-state index contributed by atoms with van der Waals surface area (Å²) < 4.78 is 5.78. The van der Waals surface area contributed by atoms with Gasteiger partial charge in [-0.15, -0.1) is 0 Å². The Morgan fingerprint density at radius 1 is 1.23 bits per heavy atom. The quantitative estimate of drug-likeness (QED) is 0.613. The third-order valence-electron chi connectivity index (χ3n) is 2.67. The molecule has 1 aromatic carbocycles. The lowest BCUT2D eigenvalue weighted by molar-refractivity contribution is 0.0293. The summed E-state index contributed by atoms with van der Waals surface area (Å²) in [6.45, 7) is 0. The van der Waals surface area contributed by atoms with Gasteiger partial charge in [-0.25, -0.2) is 0 Å². The van der Waals surface area contributed by atoms with Crippen LogP contribution in [0.25, 0.3) is 0 Å². The van der Waals surface area contributed by atoms with E-state index in [1.165, 1.54) is 11.1 Å². The maximum absolute atomic E-state index is 6.02. The summed E-state index contributed by atoms with van der Waals surface area (Å²) in [5.41, 5.74) is 2.59. The fourth-order valence-electron chi connectivity index (χ4n) is 2.08. The van der Waals surface area contributed by atoms with Crippen LogP contribution in [0.15, 0.2) is 35.4 Å². The molecule has 0 N–H and O–H groups in total. The number of ether oxygens (including phenoxy) is 1. The van der Waals surface area contributed by atoms with Gasteiger partial charge in [0.2, 0.25) is 0 Å². The van der Waals surface area contributed by atoms with Crippen LogP contribution in [0.3, 0.4) is 0 Å². The van der Waals surface area contributed by atoms with E-state index in [-0.39, 0.29) is 12.2 Å². The highest BCUT2D eigenvalue weighted by Crippen LogP contribution is 2.47. The highest BCUT2D eigenvalue weighted by Gasteiger charge is 2.33. The second kappa shape index (κ2) is 2.60. The Labute approximate surface area is 82.0 Å². The monoisotopic (exact) mass is 192 g/mol. The molecule has 66 valence electrons. The van der Waals surface area contributed by atoms with Crippen molar-refractivity contribution < 1.29 is 4.74 Å². The van der Waals surface area contributed by atoms with Crippen LogP contribution in [-0.4, -0.2) is 0 Å². The van der Waals surface area contributed by atoms with Crippen molar-refractivity contribution in [3.05, 3.63) is 46.5 Å². The van der Waals surface area contributed by atoms with Gasteiger partial charge in [-0.05, 0) is 17.2 Å². The molecule has 0 aliphatic carbocycles. The van der Waals surface area contributed by atoms with E-state index >= 15 is 0 Å². The summed E-state index contributed by atoms with van der Waals surface area (Å²) in [6.07, 6.45) is 3.13. The van der Waals surface area contributed by atoms with Crippen LogP contribution in [0.5, 0.6) is 0 Å². The summed E-state index contributed by atoms with van der Waals surface area (Å²) in [5, 5.41) is 0.928. The van der Waals surface area contributed by atoms with Crippen LogP contribution in [0, 0.1) is 0 Å². The Morgan fingerprint density at radius 2 is 2.00 bits per heavy atom. The van der Waals surface area contributed by atoms with Crippen molar-refractivity contribution >= 4 is 11.6 Å². The topological polar surface area (TPSA) is 9.23 Å². The predicted octanol–water partition coefficient (Wildman–Crippen LogP) is 3.33. The molecule has 2 heterocycles. The second-order valence-corrected chi connectivity index (χ2v) is 3.98. The number of hydrogen-bond donors (Lipinski definition) is 0. The Balaban J connectivity index is 2.17. The van der Waals surface area contributed by atoms with Gasteiger partial charge in [-0.1, -0.05) is 35.9 Å². The summed E-state index contributed by atoms with van der Waals surface area (Å²) >= 11 is 6.02. The molecule has 2 atom stereocenters. The molecular formula is C11H9ClO. The molecule has 1 aromatic rings. The molecule has 13 heavy (non-hydrogen) atoms. The average Bonchev–Trinajstić information content (AvgIpc) is 2.41. The van der Waals surface area contributed by atoms with Gasteiger partial charge in [0.1, 0.15) is 6.10 Å². The van der Waals surface area contributed by atoms with E-state index in [0.29, 0.717) is 0 Å². The molecule has 0 amide bonds. The van der Waals surface area contributed by atoms with Crippen molar-refractivity contribution in [3.8, 4) is 0 Å². The smallest absolute Gasteiger partial charge is 0.103 e. The van der Waals surface area contributed by atoms with Crippen molar-refractivity contribution in [2.45, 2.75) is 18.6 Å². The fraction of sp³-hybridized carbons (Fsp3) is 0.273. The fourth-order valence-corrected chi connectivity index (χ4v) is 2.34. The van der Waals surface area contributed by atoms with E-state index in [0.717, 1.165) is 11.5 Å². The van der Waals surface area contributed by atoms with Gasteiger partial charge in [-0.2, -0.15) is 0 Å². The first kappa shape index (κ1) is 7.60. The van der Waals surface area contributed by atoms with Crippen LogP contribution in [-0.2, 0) is 4.74 Å². The van der Waals surface area contributed by atoms with Gasteiger partial charge in [-0.3, -0.25) is 0 Å². The van der Waals surface area contributed by atoms with Gasteiger partial charge >= 0.3 is 0 Å². The zero-order valence-electron chi connectivity index (χ0n) is 7.03. The minimum absolute atomic E-state index is 0.0995. The van der Waals surface area contributed by atoms with Crippen molar-refractivity contribution in [1.29, 1.82) is 0 Å². The lowest BCUT2D eigenvalue weighted by Crippen LogP contribution is -2.02. The van der Waals surface area contributed by atoms with Crippen molar-refractivity contribution in [2.24, 2.45) is 0 Å². The first-order chi connectivity index (χ1) is 6.34. The largest absolute Gasteiger partial charge is 0.361 e. The molecule has 1 nitrogen and oxygen atoms in total. The van der Waals surface area contributed by atoms with Gasteiger partial charge in [0.05, 0.1) is 6.10 Å². The first-order valence-corrected chi connectivity index (χ1v) is 4.83. The van der Waals surface area contributed by atoms with Crippen LogP contribution in [0.2, 0.25) is 0 Å². The van der Waals surface area contributed by atoms with Crippen molar-refractivity contribution in [1.82, 2.24) is 0 Å². The average molecular weight is 193 g/mol. The van der Waals surface area contributed by atoms with Crippen LogP contribution < -0.4 is 0 Å². The number of halogens is 1. The highest BCUT2D eigenvalue weighted by molar-refractivity contribution is 6.29. The molecule has 0 fully saturated rings. The minimum atomic E-state index is 0.0995. The molecule has 0 saturated heterocycles. The standard InChI is InChI=1S/C11H9ClO/c12-7-5-10-8-3-1-2-4-9(8)11(6-7)13-10/h1-5,10-11H,6H2/t10-,11+/m1/s1. The lowest BCUT2D eigenvalue weighted by atomic mass is 10.0. The van der Waals surface area contributed by atoms with Crippen LogP contribution >= 0.6 is 11.6 Å².